The maximum atomic E-state index is 2.29. The molecule has 0 N–H and O–H groups in total. The van der Waals surface area contributed by atoms with Crippen LogP contribution in [-0.2, 0) is 21.1 Å². The number of allylic oxidation sites excluding steroid dienone is 6. The monoisotopic (exact) mass is 427 g/mol. The first-order valence-electron chi connectivity index (χ1n) is 4.95. The van der Waals surface area contributed by atoms with Crippen LogP contribution in [0.25, 0.3) is 0 Å². The number of hydrogen-bond acceptors (Lipinski definition) is 0. The minimum absolute atomic E-state index is 0. The maximum Gasteiger partial charge on any atom is 2.00 e. The first kappa shape index (κ1) is 20.8. The van der Waals surface area contributed by atoms with Gasteiger partial charge in [0.05, 0.1) is 0 Å². The smallest absolute Gasteiger partial charge is 1.00 e. The zero-order valence-corrected chi connectivity index (χ0v) is 12.6. The Balaban J connectivity index is -0.000000480. The van der Waals surface area contributed by atoms with E-state index in [1.54, 1.807) is 0 Å². The molecule has 1 aliphatic carbocycles. The van der Waals surface area contributed by atoms with E-state index in [4.69, 9.17) is 0 Å². The van der Waals surface area contributed by atoms with Crippen molar-refractivity contribution < 1.29 is 45.9 Å². The summed E-state index contributed by atoms with van der Waals surface area (Å²) in [5.41, 5.74) is 0. The molecule has 0 spiro atoms. The van der Waals surface area contributed by atoms with Gasteiger partial charge in [-0.1, -0.05) is 36.5 Å². The van der Waals surface area contributed by atoms with Gasteiger partial charge in [0.1, 0.15) is 0 Å². The van der Waals surface area contributed by atoms with Gasteiger partial charge in [-0.05, 0) is 38.5 Å². The van der Waals surface area contributed by atoms with E-state index >= 15 is 0 Å². The van der Waals surface area contributed by atoms with Crippen molar-refractivity contribution in [1.29, 1.82) is 0 Å². The fourth-order valence-electron chi connectivity index (χ4n) is 1.28. The Bertz CT molecular complexity index is 135. The van der Waals surface area contributed by atoms with E-state index in [0.717, 1.165) is 0 Å². The summed E-state index contributed by atoms with van der Waals surface area (Å²) >= 11 is 0. The van der Waals surface area contributed by atoms with E-state index in [1.807, 2.05) is 0 Å². The van der Waals surface area contributed by atoms with Gasteiger partial charge in [-0.15, -0.1) is 0 Å². The van der Waals surface area contributed by atoms with Crippen LogP contribution in [0.5, 0.6) is 0 Å². The SMILES string of the molecule is C1=CCC/C=C\CC/C=C\CC1.[Cl-].[Cl-].[Pt+2]. The molecule has 0 aromatic carbocycles. The molecule has 0 atom stereocenters. The average Bonchev–Trinajstić information content (AvgIpc) is 2.05. The molecule has 0 heterocycles. The molecule has 0 saturated carbocycles. The first-order valence-corrected chi connectivity index (χ1v) is 4.95. The summed E-state index contributed by atoms with van der Waals surface area (Å²) in [6.45, 7) is 0. The number of rotatable bonds is 0. The second-order valence-corrected chi connectivity index (χ2v) is 3.15. The Morgan fingerprint density at radius 3 is 0.667 bits per heavy atom. The molecule has 15 heavy (non-hydrogen) atoms. The van der Waals surface area contributed by atoms with Gasteiger partial charge in [-0.3, -0.25) is 0 Å². The van der Waals surface area contributed by atoms with Crippen molar-refractivity contribution in [3.63, 3.8) is 0 Å². The van der Waals surface area contributed by atoms with Crippen molar-refractivity contribution in [3.05, 3.63) is 36.5 Å². The Hall–Kier alpha value is 0.488. The van der Waals surface area contributed by atoms with Crippen LogP contribution < -0.4 is 24.8 Å². The van der Waals surface area contributed by atoms with E-state index in [2.05, 4.69) is 36.5 Å². The molecule has 0 aromatic rings. The minimum Gasteiger partial charge on any atom is -1.00 e. The molecule has 1 rings (SSSR count). The van der Waals surface area contributed by atoms with Gasteiger partial charge in [-0.2, -0.15) is 0 Å². The van der Waals surface area contributed by atoms with E-state index in [1.165, 1.54) is 38.5 Å². The van der Waals surface area contributed by atoms with Gasteiger partial charge in [0.15, 0.2) is 0 Å². The van der Waals surface area contributed by atoms with Gasteiger partial charge in [0, 0.05) is 0 Å². The predicted molar refractivity (Wildman–Crippen MR) is 55.1 cm³/mol. The molecule has 0 saturated heterocycles. The first-order chi connectivity index (χ1) is 6.00. The molecule has 0 aromatic heterocycles. The Labute approximate surface area is 120 Å². The fraction of sp³-hybridized carbons (Fsp3) is 0.500. The molecule has 3 heteroatoms. The summed E-state index contributed by atoms with van der Waals surface area (Å²) in [4.78, 5) is 0. The third kappa shape index (κ3) is 14.5. The summed E-state index contributed by atoms with van der Waals surface area (Å²) in [5, 5.41) is 0. The van der Waals surface area contributed by atoms with E-state index in [-0.39, 0.29) is 45.9 Å². The van der Waals surface area contributed by atoms with Crippen LogP contribution in [0, 0.1) is 0 Å². The zero-order chi connectivity index (χ0) is 8.49. The summed E-state index contributed by atoms with van der Waals surface area (Å²) in [6, 6.07) is 0. The van der Waals surface area contributed by atoms with Crippen LogP contribution >= 0.6 is 0 Å². The third-order valence-corrected chi connectivity index (χ3v) is 2.00. The van der Waals surface area contributed by atoms with Gasteiger partial charge >= 0.3 is 21.1 Å². The van der Waals surface area contributed by atoms with Crippen LogP contribution in [0.2, 0.25) is 0 Å². The fourth-order valence-corrected chi connectivity index (χ4v) is 1.28. The molecule has 1 aliphatic rings. The summed E-state index contributed by atoms with van der Waals surface area (Å²) < 4.78 is 0. The third-order valence-electron chi connectivity index (χ3n) is 2.00. The van der Waals surface area contributed by atoms with Gasteiger partial charge < -0.3 is 24.8 Å². The van der Waals surface area contributed by atoms with Crippen molar-refractivity contribution in [3.8, 4) is 0 Å². The maximum absolute atomic E-state index is 2.29. The van der Waals surface area contributed by atoms with Crippen molar-refractivity contribution in [1.82, 2.24) is 0 Å². The van der Waals surface area contributed by atoms with E-state index in [9.17, 15) is 0 Å². The Morgan fingerprint density at radius 1 is 0.400 bits per heavy atom. The number of hydrogen-bond donors (Lipinski definition) is 0. The average molecular weight is 428 g/mol. The second-order valence-electron chi connectivity index (χ2n) is 3.15. The van der Waals surface area contributed by atoms with Crippen LogP contribution in [0.15, 0.2) is 36.5 Å². The molecule has 0 fully saturated rings. The summed E-state index contributed by atoms with van der Waals surface area (Å²) in [7, 11) is 0. The number of halogens is 2. The van der Waals surface area contributed by atoms with Crippen molar-refractivity contribution in [2.75, 3.05) is 0 Å². The van der Waals surface area contributed by atoms with Crippen LogP contribution in [0.3, 0.4) is 0 Å². The van der Waals surface area contributed by atoms with Gasteiger partial charge in [0.2, 0.25) is 0 Å². The van der Waals surface area contributed by atoms with E-state index in [0.29, 0.717) is 0 Å². The zero-order valence-electron chi connectivity index (χ0n) is 8.78. The summed E-state index contributed by atoms with van der Waals surface area (Å²) in [6.07, 6.45) is 21.0. The topological polar surface area (TPSA) is 0 Å². The standard InChI is InChI=1S/C12H18.2ClH.Pt/c1-2-4-6-8-10-12-11-9-7-5-3-1;;;/h1-2,7-10H,3-6,11-12H2;2*1H;/q;;;+2/p-2/b2-1-,9-7-,10-8?;;;. The predicted octanol–water partition coefficient (Wildman–Crippen LogP) is -1.99. The minimum atomic E-state index is 0. The molecule has 0 bridgehead atoms. The second kappa shape index (κ2) is 16.9. The van der Waals surface area contributed by atoms with Crippen molar-refractivity contribution in [2.45, 2.75) is 38.5 Å². The van der Waals surface area contributed by atoms with Crippen LogP contribution in [-0.4, -0.2) is 0 Å². The van der Waals surface area contributed by atoms with Crippen LogP contribution in [0.4, 0.5) is 0 Å². The normalized spacial score (nSPS) is 20.3. The van der Waals surface area contributed by atoms with Crippen molar-refractivity contribution in [2.24, 2.45) is 0 Å². The Kier molecular flexibility index (Phi) is 23.5. The van der Waals surface area contributed by atoms with E-state index < -0.39 is 0 Å². The molecule has 0 unspecified atom stereocenters. The van der Waals surface area contributed by atoms with Crippen LogP contribution in [0.1, 0.15) is 38.5 Å². The van der Waals surface area contributed by atoms with Gasteiger partial charge in [0.25, 0.3) is 0 Å². The quantitative estimate of drug-likeness (QED) is 0.393. The van der Waals surface area contributed by atoms with Gasteiger partial charge in [-0.25, -0.2) is 0 Å². The molecule has 0 amide bonds. The molecular weight excluding hydrogens is 410 g/mol. The van der Waals surface area contributed by atoms with Crippen molar-refractivity contribution >= 4 is 0 Å². The summed E-state index contributed by atoms with van der Waals surface area (Å²) in [5.74, 6) is 0. The molecular formula is C12H18Cl2Pt. The molecule has 0 radical (unpaired) electrons. The largest absolute Gasteiger partial charge is 2.00 e. The molecule has 0 aliphatic heterocycles. The Morgan fingerprint density at radius 2 is 0.533 bits per heavy atom. The molecule has 0 nitrogen and oxygen atoms in total. The molecule has 90 valence electrons.